The molecular weight excluding hydrogens is 172 g/mol. The molecule has 13 heavy (non-hydrogen) atoms. The first kappa shape index (κ1) is 9.77. The van der Waals surface area contributed by atoms with Crippen molar-refractivity contribution in [1.29, 1.82) is 0 Å². The molecular formula is C9H12O4. The molecule has 72 valence electrons. The molecule has 0 saturated heterocycles. The highest BCUT2D eigenvalue weighted by Gasteiger charge is 2.60. The van der Waals surface area contributed by atoms with Crippen molar-refractivity contribution in [3.05, 3.63) is 12.2 Å². The molecule has 0 aromatic rings. The monoisotopic (exact) mass is 184 g/mol. The quantitative estimate of drug-likeness (QED) is 0.641. The fourth-order valence-corrected chi connectivity index (χ4v) is 1.69. The standard InChI is InChI=1S/C9H12O4/c1-9(2)5(3-4-6(10)11)7(9)8(12)13/h3-5,7H,1-2H3,(H,10,11)(H,12,13)/b4-3+/t5-,7-/m1/s1. The number of allylic oxidation sites excluding steroid dienone is 1. The molecule has 2 N–H and O–H groups in total. The Labute approximate surface area is 75.9 Å². The van der Waals surface area contributed by atoms with Gasteiger partial charge in [-0.1, -0.05) is 19.9 Å². The minimum absolute atomic E-state index is 0.152. The summed E-state index contributed by atoms with van der Waals surface area (Å²) in [4.78, 5) is 20.8. The van der Waals surface area contributed by atoms with Crippen molar-refractivity contribution in [2.45, 2.75) is 13.8 Å². The van der Waals surface area contributed by atoms with Gasteiger partial charge in [-0.25, -0.2) is 4.79 Å². The smallest absolute Gasteiger partial charge is 0.327 e. The molecule has 0 heterocycles. The van der Waals surface area contributed by atoms with E-state index in [-0.39, 0.29) is 11.3 Å². The van der Waals surface area contributed by atoms with E-state index < -0.39 is 17.9 Å². The maximum Gasteiger partial charge on any atom is 0.327 e. The van der Waals surface area contributed by atoms with Crippen molar-refractivity contribution >= 4 is 11.9 Å². The molecule has 0 spiro atoms. The second-order valence-electron chi connectivity index (χ2n) is 3.86. The summed E-state index contributed by atoms with van der Waals surface area (Å²) in [7, 11) is 0. The molecule has 1 aliphatic rings. The first-order valence-corrected chi connectivity index (χ1v) is 4.01. The maximum absolute atomic E-state index is 10.7. The lowest BCUT2D eigenvalue weighted by Crippen LogP contribution is -2.03. The third kappa shape index (κ3) is 1.71. The van der Waals surface area contributed by atoms with Crippen molar-refractivity contribution in [2.75, 3.05) is 0 Å². The Kier molecular flexibility index (Phi) is 2.15. The van der Waals surface area contributed by atoms with Crippen molar-refractivity contribution in [1.82, 2.24) is 0 Å². The highest BCUT2D eigenvalue weighted by molar-refractivity contribution is 5.81. The number of rotatable bonds is 3. The predicted octanol–water partition coefficient (Wildman–Crippen LogP) is 0.984. The van der Waals surface area contributed by atoms with Crippen LogP contribution in [0.1, 0.15) is 13.8 Å². The lowest BCUT2D eigenvalue weighted by molar-refractivity contribution is -0.139. The van der Waals surface area contributed by atoms with E-state index in [0.717, 1.165) is 6.08 Å². The third-order valence-electron chi connectivity index (χ3n) is 2.62. The zero-order chi connectivity index (χ0) is 10.2. The zero-order valence-corrected chi connectivity index (χ0v) is 7.52. The molecule has 4 nitrogen and oxygen atoms in total. The molecule has 0 aromatic carbocycles. The van der Waals surface area contributed by atoms with E-state index in [1.165, 1.54) is 6.08 Å². The lowest BCUT2D eigenvalue weighted by Gasteiger charge is -1.95. The minimum atomic E-state index is -1.04. The number of aliphatic carboxylic acids is 2. The summed E-state index contributed by atoms with van der Waals surface area (Å²) >= 11 is 0. The van der Waals surface area contributed by atoms with Crippen LogP contribution in [0.2, 0.25) is 0 Å². The molecule has 0 radical (unpaired) electrons. The van der Waals surface area contributed by atoms with Crippen molar-refractivity contribution in [3.63, 3.8) is 0 Å². The third-order valence-corrected chi connectivity index (χ3v) is 2.62. The largest absolute Gasteiger partial charge is 0.481 e. The van der Waals surface area contributed by atoms with Crippen LogP contribution in [-0.4, -0.2) is 22.2 Å². The van der Waals surface area contributed by atoms with Crippen LogP contribution in [-0.2, 0) is 9.59 Å². The van der Waals surface area contributed by atoms with Crippen LogP contribution in [0.15, 0.2) is 12.2 Å². The summed E-state index contributed by atoms with van der Waals surface area (Å²) in [5, 5.41) is 17.1. The first-order valence-electron chi connectivity index (χ1n) is 4.01. The number of carbonyl (C=O) groups is 2. The van der Waals surface area contributed by atoms with Crippen molar-refractivity contribution in [2.24, 2.45) is 17.3 Å². The highest BCUT2D eigenvalue weighted by Crippen LogP contribution is 2.58. The van der Waals surface area contributed by atoms with E-state index >= 15 is 0 Å². The van der Waals surface area contributed by atoms with Crippen LogP contribution in [0.25, 0.3) is 0 Å². The number of hydrogen-bond acceptors (Lipinski definition) is 2. The van der Waals surface area contributed by atoms with Crippen LogP contribution in [0.4, 0.5) is 0 Å². The average Bonchev–Trinajstić information content (AvgIpc) is 2.48. The molecule has 1 aliphatic carbocycles. The Balaban J connectivity index is 2.66. The van der Waals surface area contributed by atoms with E-state index in [9.17, 15) is 9.59 Å². The Hall–Kier alpha value is -1.32. The lowest BCUT2D eigenvalue weighted by atomic mass is 10.1. The fraction of sp³-hybridized carbons (Fsp3) is 0.556. The molecule has 0 amide bonds. The second kappa shape index (κ2) is 2.87. The van der Waals surface area contributed by atoms with Crippen molar-refractivity contribution < 1.29 is 19.8 Å². The van der Waals surface area contributed by atoms with Gasteiger partial charge < -0.3 is 10.2 Å². The van der Waals surface area contributed by atoms with Crippen LogP contribution in [0.5, 0.6) is 0 Å². The van der Waals surface area contributed by atoms with E-state index in [1.807, 2.05) is 13.8 Å². The number of carboxylic acid groups (broad SMARTS) is 2. The molecule has 0 aliphatic heterocycles. The van der Waals surface area contributed by atoms with E-state index in [2.05, 4.69) is 0 Å². The molecule has 2 atom stereocenters. The van der Waals surface area contributed by atoms with Crippen LogP contribution in [0.3, 0.4) is 0 Å². The second-order valence-corrected chi connectivity index (χ2v) is 3.86. The molecule has 1 saturated carbocycles. The van der Waals surface area contributed by atoms with Gasteiger partial charge in [-0.3, -0.25) is 4.79 Å². The highest BCUT2D eigenvalue weighted by atomic mass is 16.4. The first-order chi connectivity index (χ1) is 5.87. The Bertz CT molecular complexity index is 277. The SMILES string of the molecule is CC1(C)[C@H](/C=C/C(=O)O)[C@@H]1C(=O)O. The summed E-state index contributed by atoms with van der Waals surface area (Å²) < 4.78 is 0. The normalized spacial score (nSPS) is 30.3. The molecule has 4 heteroatoms. The van der Waals surface area contributed by atoms with Gasteiger partial charge >= 0.3 is 11.9 Å². The van der Waals surface area contributed by atoms with Gasteiger partial charge in [0.25, 0.3) is 0 Å². The summed E-state index contributed by atoms with van der Waals surface area (Å²) in [5.41, 5.74) is -0.308. The topological polar surface area (TPSA) is 74.6 Å². The molecule has 1 fully saturated rings. The maximum atomic E-state index is 10.7. The van der Waals surface area contributed by atoms with Gasteiger partial charge in [-0.15, -0.1) is 0 Å². The van der Waals surface area contributed by atoms with Crippen LogP contribution >= 0.6 is 0 Å². The van der Waals surface area contributed by atoms with Gasteiger partial charge in [-0.2, -0.15) is 0 Å². The van der Waals surface area contributed by atoms with Gasteiger partial charge in [-0.05, 0) is 11.3 Å². The van der Waals surface area contributed by atoms with E-state index in [0.29, 0.717) is 0 Å². The van der Waals surface area contributed by atoms with Gasteiger partial charge in [0.1, 0.15) is 0 Å². The fourth-order valence-electron chi connectivity index (χ4n) is 1.69. The van der Waals surface area contributed by atoms with Crippen molar-refractivity contribution in [3.8, 4) is 0 Å². The number of hydrogen-bond donors (Lipinski definition) is 2. The van der Waals surface area contributed by atoms with Crippen LogP contribution in [0, 0.1) is 17.3 Å². The molecule has 0 aromatic heterocycles. The van der Waals surface area contributed by atoms with Crippen LogP contribution < -0.4 is 0 Å². The van der Waals surface area contributed by atoms with Gasteiger partial charge in [0, 0.05) is 6.08 Å². The summed E-state index contributed by atoms with van der Waals surface area (Å²) in [6.07, 6.45) is 2.47. The Morgan fingerprint density at radius 1 is 1.31 bits per heavy atom. The summed E-state index contributed by atoms with van der Waals surface area (Å²) in [6, 6.07) is 0. The molecule has 0 unspecified atom stereocenters. The number of carboxylic acids is 2. The predicted molar refractivity (Wildman–Crippen MR) is 45.2 cm³/mol. The van der Waals surface area contributed by atoms with Gasteiger partial charge in [0.05, 0.1) is 5.92 Å². The van der Waals surface area contributed by atoms with Gasteiger partial charge in [0.15, 0.2) is 0 Å². The minimum Gasteiger partial charge on any atom is -0.481 e. The molecule has 1 rings (SSSR count). The summed E-state index contributed by atoms with van der Waals surface area (Å²) in [5.74, 6) is -2.49. The van der Waals surface area contributed by atoms with E-state index in [1.54, 1.807) is 0 Å². The zero-order valence-electron chi connectivity index (χ0n) is 7.52. The average molecular weight is 184 g/mol. The summed E-state index contributed by atoms with van der Waals surface area (Å²) in [6.45, 7) is 3.64. The molecule has 0 bridgehead atoms. The Morgan fingerprint density at radius 3 is 2.15 bits per heavy atom. The Morgan fingerprint density at radius 2 is 1.85 bits per heavy atom. The van der Waals surface area contributed by atoms with Gasteiger partial charge in [0.2, 0.25) is 0 Å². The van der Waals surface area contributed by atoms with E-state index in [4.69, 9.17) is 10.2 Å².